The highest BCUT2D eigenvalue weighted by atomic mass is 19.1. The molecule has 11 heteroatoms. The summed E-state index contributed by atoms with van der Waals surface area (Å²) in [7, 11) is 0. The molecule has 0 bridgehead atoms. The number of nitrogens with zero attached hydrogens (tertiary/aromatic N) is 6. The van der Waals surface area contributed by atoms with Gasteiger partial charge in [-0.1, -0.05) is 6.07 Å². The number of aromatic hydroxyl groups is 1. The third-order valence-corrected chi connectivity index (χ3v) is 4.23. The molecule has 0 saturated heterocycles. The average Bonchev–Trinajstić information content (AvgIpc) is 3.29. The van der Waals surface area contributed by atoms with Crippen molar-refractivity contribution in [2.75, 3.05) is 0 Å². The smallest absolute Gasteiger partial charge is 0.338 e. The Morgan fingerprint density at radius 3 is 2.50 bits per heavy atom. The lowest BCUT2D eigenvalue weighted by Gasteiger charge is -2.15. The van der Waals surface area contributed by atoms with Gasteiger partial charge in [0.2, 0.25) is 5.88 Å². The van der Waals surface area contributed by atoms with E-state index in [2.05, 4.69) is 20.2 Å². The van der Waals surface area contributed by atoms with E-state index in [1.54, 1.807) is 0 Å². The average molecular weight is 386 g/mol. The first-order valence-corrected chi connectivity index (χ1v) is 8.03. The molecule has 0 saturated carbocycles. The molecule has 0 aliphatic heterocycles. The van der Waals surface area contributed by atoms with Crippen molar-refractivity contribution in [3.63, 3.8) is 0 Å². The lowest BCUT2D eigenvalue weighted by molar-refractivity contribution is 0.0697. The van der Waals surface area contributed by atoms with Crippen LogP contribution < -0.4 is 0 Å². The van der Waals surface area contributed by atoms with Gasteiger partial charge >= 0.3 is 5.97 Å². The van der Waals surface area contributed by atoms with Crippen molar-refractivity contribution in [1.29, 1.82) is 0 Å². The van der Waals surface area contributed by atoms with Gasteiger partial charge in [0.05, 0.1) is 24.0 Å². The maximum atomic E-state index is 14.1. The van der Waals surface area contributed by atoms with Gasteiger partial charge in [0.25, 0.3) is 5.95 Å². The Balaban J connectivity index is 1.81. The van der Waals surface area contributed by atoms with Crippen molar-refractivity contribution < 1.29 is 23.8 Å². The zero-order chi connectivity index (χ0) is 20.0. The van der Waals surface area contributed by atoms with Gasteiger partial charge in [-0.25, -0.2) is 23.2 Å². The van der Waals surface area contributed by atoms with Crippen LogP contribution >= 0.6 is 0 Å². The third-order valence-electron chi connectivity index (χ3n) is 4.23. The summed E-state index contributed by atoms with van der Waals surface area (Å²) in [5.74, 6) is -3.24. The van der Waals surface area contributed by atoms with E-state index in [0.717, 1.165) is 23.0 Å². The van der Waals surface area contributed by atoms with Crippen molar-refractivity contribution in [3.8, 4) is 11.8 Å². The molecule has 1 aromatic carbocycles. The molecule has 2 N–H and O–H groups in total. The van der Waals surface area contributed by atoms with E-state index >= 15 is 0 Å². The number of benzene rings is 1. The fourth-order valence-corrected chi connectivity index (χ4v) is 2.90. The molecule has 4 rings (SSSR count). The molecule has 0 fully saturated rings. The number of carboxylic acid groups (broad SMARTS) is 1. The summed E-state index contributed by atoms with van der Waals surface area (Å²) in [5, 5.41) is 27.3. The van der Waals surface area contributed by atoms with Crippen molar-refractivity contribution in [2.24, 2.45) is 0 Å². The van der Waals surface area contributed by atoms with Gasteiger partial charge in [-0.15, -0.1) is 0 Å². The summed E-state index contributed by atoms with van der Waals surface area (Å²) in [4.78, 5) is 19.1. The van der Waals surface area contributed by atoms with E-state index in [1.807, 2.05) is 0 Å². The maximum absolute atomic E-state index is 14.1. The van der Waals surface area contributed by atoms with Crippen LogP contribution in [0.15, 0.2) is 36.8 Å². The first-order chi connectivity index (χ1) is 13.4. The van der Waals surface area contributed by atoms with Gasteiger partial charge in [0.1, 0.15) is 22.7 Å². The van der Waals surface area contributed by atoms with E-state index < -0.39 is 29.5 Å². The van der Waals surface area contributed by atoms with Crippen molar-refractivity contribution in [3.05, 3.63) is 59.6 Å². The summed E-state index contributed by atoms with van der Waals surface area (Å²) in [6.45, 7) is 1.52. The summed E-state index contributed by atoms with van der Waals surface area (Å²) in [6.07, 6.45) is 3.60. The van der Waals surface area contributed by atoms with Crippen LogP contribution in [0.1, 0.15) is 28.9 Å². The van der Waals surface area contributed by atoms with E-state index in [-0.39, 0.29) is 28.1 Å². The number of aromatic nitrogens is 6. The molecule has 28 heavy (non-hydrogen) atoms. The van der Waals surface area contributed by atoms with Gasteiger partial charge in [-0.2, -0.15) is 15.2 Å². The summed E-state index contributed by atoms with van der Waals surface area (Å²) in [5.41, 5.74) is -0.0281. The molecular formula is C17H12F2N6O3. The van der Waals surface area contributed by atoms with Crippen molar-refractivity contribution >= 4 is 17.0 Å². The Morgan fingerprint density at radius 2 is 1.86 bits per heavy atom. The predicted octanol–water partition coefficient (Wildman–Crippen LogP) is 2.30. The monoisotopic (exact) mass is 386 g/mol. The van der Waals surface area contributed by atoms with Crippen LogP contribution in [0.25, 0.3) is 17.0 Å². The normalized spacial score (nSPS) is 12.4. The molecule has 3 heterocycles. The number of rotatable bonds is 4. The predicted molar refractivity (Wildman–Crippen MR) is 91.2 cm³/mol. The summed E-state index contributed by atoms with van der Waals surface area (Å²) < 4.78 is 30.5. The van der Waals surface area contributed by atoms with Crippen molar-refractivity contribution in [1.82, 2.24) is 29.5 Å². The minimum Gasteiger partial charge on any atom is -0.492 e. The van der Waals surface area contributed by atoms with Gasteiger partial charge in [0, 0.05) is 11.8 Å². The number of hydrogen-bond acceptors (Lipinski definition) is 6. The van der Waals surface area contributed by atoms with Crippen LogP contribution in [0.3, 0.4) is 0 Å². The second-order valence-corrected chi connectivity index (χ2v) is 5.96. The Labute approximate surface area is 155 Å². The van der Waals surface area contributed by atoms with Crippen LogP contribution in [0.2, 0.25) is 0 Å². The number of fused-ring (bicyclic) bond motifs is 1. The second-order valence-electron chi connectivity index (χ2n) is 5.96. The van der Waals surface area contributed by atoms with Crippen LogP contribution in [-0.4, -0.2) is 45.7 Å². The second kappa shape index (κ2) is 6.37. The van der Waals surface area contributed by atoms with Crippen molar-refractivity contribution in [2.45, 2.75) is 13.0 Å². The Hall–Kier alpha value is -3.89. The number of aromatic carboxylic acids is 1. The van der Waals surface area contributed by atoms with Crippen LogP contribution in [-0.2, 0) is 0 Å². The highest BCUT2D eigenvalue weighted by Gasteiger charge is 2.23. The third kappa shape index (κ3) is 2.73. The Bertz CT molecular complexity index is 1200. The minimum atomic E-state index is -1.18. The standard InChI is InChI=1S/C17H12F2N6O3/c1-8(13-10(18)3-2-4-11(13)19)25-14-12(6-21-25)22-17(23-15(14)26)24-7-9(5-20-24)16(27)28/h2-8H,1H3,(H,27,28)(H,22,23,26)/t8-/m0/s1. The molecule has 9 nitrogen and oxygen atoms in total. The van der Waals surface area contributed by atoms with E-state index in [9.17, 15) is 18.7 Å². The van der Waals surface area contributed by atoms with E-state index in [0.29, 0.717) is 0 Å². The fourth-order valence-electron chi connectivity index (χ4n) is 2.90. The summed E-state index contributed by atoms with van der Waals surface area (Å²) in [6, 6.07) is 2.63. The van der Waals surface area contributed by atoms with E-state index in [1.165, 1.54) is 30.1 Å². The molecule has 0 amide bonds. The quantitative estimate of drug-likeness (QED) is 0.552. The highest BCUT2D eigenvalue weighted by molar-refractivity contribution is 5.87. The van der Waals surface area contributed by atoms with Crippen LogP contribution in [0.4, 0.5) is 8.78 Å². The molecular weight excluding hydrogens is 374 g/mol. The number of hydrogen-bond donors (Lipinski definition) is 2. The molecule has 0 unspecified atom stereocenters. The molecule has 0 aliphatic rings. The molecule has 1 atom stereocenters. The molecule has 142 valence electrons. The highest BCUT2D eigenvalue weighted by Crippen LogP contribution is 2.30. The zero-order valence-electron chi connectivity index (χ0n) is 14.3. The van der Waals surface area contributed by atoms with Gasteiger partial charge in [0.15, 0.2) is 0 Å². The molecule has 3 aromatic heterocycles. The summed E-state index contributed by atoms with van der Waals surface area (Å²) >= 11 is 0. The first-order valence-electron chi connectivity index (χ1n) is 8.03. The lowest BCUT2D eigenvalue weighted by atomic mass is 10.1. The lowest BCUT2D eigenvalue weighted by Crippen LogP contribution is -2.13. The van der Waals surface area contributed by atoms with Gasteiger partial charge in [-0.3, -0.25) is 4.68 Å². The Morgan fingerprint density at radius 1 is 1.14 bits per heavy atom. The van der Waals surface area contributed by atoms with Crippen LogP contribution in [0, 0.1) is 11.6 Å². The topological polar surface area (TPSA) is 119 Å². The first kappa shape index (κ1) is 17.5. The molecule has 0 radical (unpaired) electrons. The Kier molecular flexibility index (Phi) is 3.99. The van der Waals surface area contributed by atoms with E-state index in [4.69, 9.17) is 5.11 Å². The maximum Gasteiger partial charge on any atom is 0.338 e. The number of halogens is 2. The van der Waals surface area contributed by atoms with Gasteiger partial charge in [-0.05, 0) is 19.1 Å². The molecule has 4 aromatic rings. The number of carboxylic acids is 1. The molecule has 0 aliphatic carbocycles. The fraction of sp³-hybridized carbons (Fsp3) is 0.118. The SMILES string of the molecule is C[C@@H](c1c(F)cccc1F)n1ncc2nc(-n3cc(C(=O)O)cn3)nc(O)c21. The molecule has 0 spiro atoms. The minimum absolute atomic E-state index is 0.0736. The largest absolute Gasteiger partial charge is 0.492 e. The van der Waals surface area contributed by atoms with Gasteiger partial charge < -0.3 is 10.2 Å². The zero-order valence-corrected chi connectivity index (χ0v) is 14.3. The number of carbonyl (C=O) groups is 1. The van der Waals surface area contributed by atoms with Crippen LogP contribution in [0.5, 0.6) is 5.88 Å².